The first-order valence-electron chi connectivity index (χ1n) is 15.0. The maximum atomic E-state index is 6.24. The molecular formula is C41H25N3O. The molecule has 0 spiro atoms. The summed E-state index contributed by atoms with van der Waals surface area (Å²) in [6.45, 7) is 0. The lowest BCUT2D eigenvalue weighted by molar-refractivity contribution is 0.669. The third kappa shape index (κ3) is 4.35. The summed E-state index contributed by atoms with van der Waals surface area (Å²) in [4.78, 5) is 15.3. The Balaban J connectivity index is 1.29. The quantitative estimate of drug-likeness (QED) is 0.209. The summed E-state index contributed by atoms with van der Waals surface area (Å²) >= 11 is 0. The third-order valence-corrected chi connectivity index (χ3v) is 8.51. The number of hydrogen-bond donors (Lipinski definition) is 0. The second kappa shape index (κ2) is 10.2. The van der Waals surface area contributed by atoms with Crippen molar-refractivity contribution in [1.82, 2.24) is 15.0 Å². The highest BCUT2D eigenvalue weighted by atomic mass is 16.3. The molecule has 0 aliphatic rings. The Hall–Kier alpha value is -6.13. The summed E-state index contributed by atoms with van der Waals surface area (Å²) in [5.74, 6) is 1.89. The van der Waals surface area contributed by atoms with Gasteiger partial charge in [-0.15, -0.1) is 0 Å². The van der Waals surface area contributed by atoms with Gasteiger partial charge in [0.2, 0.25) is 0 Å². The summed E-state index contributed by atoms with van der Waals surface area (Å²) < 4.78 is 6.24. The molecule has 9 aromatic rings. The monoisotopic (exact) mass is 575 g/mol. The second-order valence-electron chi connectivity index (χ2n) is 11.3. The first-order valence-corrected chi connectivity index (χ1v) is 15.0. The Morgan fingerprint density at radius 1 is 0.356 bits per heavy atom. The molecule has 0 bridgehead atoms. The van der Waals surface area contributed by atoms with Gasteiger partial charge in [-0.3, -0.25) is 0 Å². The van der Waals surface area contributed by atoms with Crippen molar-refractivity contribution in [3.63, 3.8) is 0 Å². The van der Waals surface area contributed by atoms with Gasteiger partial charge in [0.1, 0.15) is 11.2 Å². The molecular weight excluding hydrogens is 550 g/mol. The minimum Gasteiger partial charge on any atom is -0.456 e. The lowest BCUT2D eigenvalue weighted by atomic mass is 9.95. The van der Waals surface area contributed by atoms with E-state index in [1.54, 1.807) is 0 Å². The molecule has 7 aromatic carbocycles. The zero-order valence-corrected chi connectivity index (χ0v) is 24.2. The van der Waals surface area contributed by atoms with Crippen LogP contribution in [0.1, 0.15) is 0 Å². The molecule has 0 atom stereocenters. The van der Waals surface area contributed by atoms with Crippen LogP contribution < -0.4 is 0 Å². The minimum absolute atomic E-state index is 0.622. The van der Waals surface area contributed by atoms with Gasteiger partial charge < -0.3 is 4.42 Å². The van der Waals surface area contributed by atoms with Crippen molar-refractivity contribution in [2.45, 2.75) is 0 Å². The molecule has 0 radical (unpaired) electrons. The molecule has 0 aliphatic heterocycles. The molecule has 0 aliphatic carbocycles. The fraction of sp³-hybridized carbons (Fsp3) is 0. The van der Waals surface area contributed by atoms with Crippen LogP contribution in [0.5, 0.6) is 0 Å². The molecule has 0 saturated carbocycles. The average molecular weight is 576 g/mol. The van der Waals surface area contributed by atoms with Gasteiger partial charge in [0.25, 0.3) is 0 Å². The van der Waals surface area contributed by atoms with Crippen LogP contribution in [0.2, 0.25) is 0 Å². The van der Waals surface area contributed by atoms with Crippen LogP contribution in [0.25, 0.3) is 88.8 Å². The topological polar surface area (TPSA) is 51.8 Å². The van der Waals surface area contributed by atoms with Gasteiger partial charge in [0.15, 0.2) is 17.5 Å². The summed E-state index contributed by atoms with van der Waals surface area (Å²) in [5.41, 5.74) is 6.66. The summed E-state index contributed by atoms with van der Waals surface area (Å²) in [6, 6.07) is 52.2. The van der Waals surface area contributed by atoms with Crippen LogP contribution in [0.3, 0.4) is 0 Å². The molecule has 45 heavy (non-hydrogen) atoms. The predicted octanol–water partition coefficient (Wildman–Crippen LogP) is 10.7. The highest BCUT2D eigenvalue weighted by Gasteiger charge is 2.19. The number of benzene rings is 7. The molecule has 0 unspecified atom stereocenters. The fourth-order valence-electron chi connectivity index (χ4n) is 6.32. The Morgan fingerprint density at radius 2 is 0.867 bits per heavy atom. The first-order chi connectivity index (χ1) is 22.3. The lowest BCUT2D eigenvalue weighted by Gasteiger charge is -2.13. The van der Waals surface area contributed by atoms with E-state index in [-0.39, 0.29) is 0 Å². The van der Waals surface area contributed by atoms with Gasteiger partial charge in [-0.2, -0.15) is 0 Å². The molecule has 2 heterocycles. The number of fused-ring (bicyclic) bond motifs is 5. The van der Waals surface area contributed by atoms with Crippen molar-refractivity contribution in [2.24, 2.45) is 0 Å². The molecule has 0 saturated heterocycles. The van der Waals surface area contributed by atoms with E-state index in [0.29, 0.717) is 17.5 Å². The molecule has 0 N–H and O–H groups in total. The number of para-hydroxylation sites is 1. The van der Waals surface area contributed by atoms with Crippen LogP contribution in [-0.4, -0.2) is 15.0 Å². The van der Waals surface area contributed by atoms with Crippen LogP contribution in [0.15, 0.2) is 156 Å². The molecule has 0 amide bonds. The molecule has 4 heteroatoms. The molecule has 210 valence electrons. The van der Waals surface area contributed by atoms with E-state index < -0.39 is 0 Å². The van der Waals surface area contributed by atoms with Crippen molar-refractivity contribution in [1.29, 1.82) is 0 Å². The number of aromatic nitrogens is 3. The van der Waals surface area contributed by atoms with E-state index in [0.717, 1.165) is 60.5 Å². The van der Waals surface area contributed by atoms with Crippen molar-refractivity contribution in [3.05, 3.63) is 152 Å². The maximum absolute atomic E-state index is 6.24. The Labute approximate surface area is 259 Å². The lowest BCUT2D eigenvalue weighted by Crippen LogP contribution is -2.01. The van der Waals surface area contributed by atoms with E-state index in [1.165, 1.54) is 10.8 Å². The van der Waals surface area contributed by atoms with Gasteiger partial charge >= 0.3 is 0 Å². The SMILES string of the molecule is c1ccc(-c2cccc3oc4ccccc4c23)c(-c2nc(-c3ccc4ccccc4c3)nc(-c3ccc4ccccc4c3)n2)c1. The highest BCUT2D eigenvalue weighted by Crippen LogP contribution is 2.40. The van der Waals surface area contributed by atoms with E-state index in [1.807, 2.05) is 30.3 Å². The molecule has 2 aromatic heterocycles. The third-order valence-electron chi connectivity index (χ3n) is 8.51. The van der Waals surface area contributed by atoms with E-state index in [9.17, 15) is 0 Å². The van der Waals surface area contributed by atoms with Crippen molar-refractivity contribution in [2.75, 3.05) is 0 Å². The zero-order chi connectivity index (χ0) is 29.7. The minimum atomic E-state index is 0.622. The summed E-state index contributed by atoms with van der Waals surface area (Å²) in [5, 5.41) is 6.81. The fourth-order valence-corrected chi connectivity index (χ4v) is 6.32. The second-order valence-corrected chi connectivity index (χ2v) is 11.3. The molecule has 0 fully saturated rings. The zero-order valence-electron chi connectivity index (χ0n) is 24.2. The number of rotatable bonds is 4. The highest BCUT2D eigenvalue weighted by molar-refractivity contribution is 6.13. The average Bonchev–Trinajstić information content (AvgIpc) is 3.50. The van der Waals surface area contributed by atoms with E-state index in [4.69, 9.17) is 19.4 Å². The molecule has 9 rings (SSSR count). The number of furan rings is 1. The standard InChI is InChI=1S/C41H25N3O/c1-3-12-28-24-30(22-20-26(28)10-1)39-42-40(31-23-21-27-11-2-4-13-29(27)25-31)44-41(43-39)34-15-6-5-14-32(34)33-17-9-19-37-38(33)35-16-7-8-18-36(35)45-37/h1-25H. The van der Waals surface area contributed by atoms with Crippen molar-refractivity contribution in [3.8, 4) is 45.3 Å². The van der Waals surface area contributed by atoms with Crippen molar-refractivity contribution >= 4 is 43.5 Å². The van der Waals surface area contributed by atoms with Gasteiger partial charge in [0.05, 0.1) is 0 Å². The summed E-state index contributed by atoms with van der Waals surface area (Å²) in [6.07, 6.45) is 0. The van der Waals surface area contributed by atoms with Crippen LogP contribution in [0, 0.1) is 0 Å². The van der Waals surface area contributed by atoms with Gasteiger partial charge in [-0.1, -0.05) is 127 Å². The predicted molar refractivity (Wildman–Crippen MR) is 184 cm³/mol. The normalized spacial score (nSPS) is 11.6. The van der Waals surface area contributed by atoms with Gasteiger partial charge in [0, 0.05) is 27.5 Å². The van der Waals surface area contributed by atoms with Crippen LogP contribution in [-0.2, 0) is 0 Å². The van der Waals surface area contributed by atoms with Crippen LogP contribution in [0.4, 0.5) is 0 Å². The number of hydrogen-bond acceptors (Lipinski definition) is 4. The Bertz CT molecular complexity index is 2470. The Kier molecular flexibility index (Phi) is 5.78. The van der Waals surface area contributed by atoms with Gasteiger partial charge in [-0.05, 0) is 56.9 Å². The van der Waals surface area contributed by atoms with Crippen LogP contribution >= 0.6 is 0 Å². The first kappa shape index (κ1) is 25.4. The van der Waals surface area contributed by atoms with E-state index in [2.05, 4.69) is 121 Å². The van der Waals surface area contributed by atoms with Gasteiger partial charge in [-0.25, -0.2) is 15.0 Å². The molecule has 4 nitrogen and oxygen atoms in total. The van der Waals surface area contributed by atoms with Crippen molar-refractivity contribution < 1.29 is 4.42 Å². The summed E-state index contributed by atoms with van der Waals surface area (Å²) in [7, 11) is 0. The Morgan fingerprint density at radius 3 is 1.56 bits per heavy atom. The largest absolute Gasteiger partial charge is 0.456 e. The maximum Gasteiger partial charge on any atom is 0.164 e. The smallest absolute Gasteiger partial charge is 0.164 e. The number of nitrogens with zero attached hydrogens (tertiary/aromatic N) is 3. The van der Waals surface area contributed by atoms with E-state index >= 15 is 0 Å².